The lowest BCUT2D eigenvalue weighted by Crippen LogP contribution is -2.43. The van der Waals surface area contributed by atoms with Crippen molar-refractivity contribution in [2.45, 2.75) is 43.7 Å². The molecule has 1 amide bonds. The maximum Gasteiger partial charge on any atom is 0.253 e. The minimum atomic E-state index is -1.43. The van der Waals surface area contributed by atoms with E-state index in [1.807, 2.05) is 12.1 Å². The average Bonchev–Trinajstić information content (AvgIpc) is 2.67. The van der Waals surface area contributed by atoms with Gasteiger partial charge in [0.15, 0.2) is 0 Å². The number of nitriles is 1. The summed E-state index contributed by atoms with van der Waals surface area (Å²) in [6.45, 7) is 0.805. The SMILES string of the molecule is N#Cc1ccc(C2(F)CCN(C(=O)c3ccc(C4CCC4)cc3)CC2)cc1. The van der Waals surface area contributed by atoms with Crippen molar-refractivity contribution in [1.82, 2.24) is 4.90 Å². The first-order valence-electron chi connectivity index (χ1n) is 9.68. The molecule has 3 nitrogen and oxygen atoms in total. The van der Waals surface area contributed by atoms with Gasteiger partial charge in [0.1, 0.15) is 5.67 Å². The molecule has 0 unspecified atom stereocenters. The molecule has 0 atom stereocenters. The Morgan fingerprint density at radius 3 is 2.19 bits per heavy atom. The summed E-state index contributed by atoms with van der Waals surface area (Å²) in [4.78, 5) is 14.5. The van der Waals surface area contributed by atoms with Gasteiger partial charge in [-0.2, -0.15) is 5.26 Å². The van der Waals surface area contributed by atoms with Gasteiger partial charge in [-0.1, -0.05) is 30.7 Å². The van der Waals surface area contributed by atoms with E-state index in [-0.39, 0.29) is 18.7 Å². The lowest BCUT2D eigenvalue weighted by atomic mass is 9.80. The normalized spacial score (nSPS) is 19.2. The van der Waals surface area contributed by atoms with Gasteiger partial charge in [0.25, 0.3) is 5.91 Å². The van der Waals surface area contributed by atoms with Crippen molar-refractivity contribution in [2.75, 3.05) is 13.1 Å². The van der Waals surface area contributed by atoms with Crippen LogP contribution in [0, 0.1) is 11.3 Å². The number of hydrogen-bond donors (Lipinski definition) is 0. The molecule has 1 saturated carbocycles. The molecule has 2 aromatic carbocycles. The van der Waals surface area contributed by atoms with Crippen LogP contribution in [-0.4, -0.2) is 23.9 Å². The smallest absolute Gasteiger partial charge is 0.253 e. The van der Waals surface area contributed by atoms with Gasteiger partial charge in [-0.25, -0.2) is 4.39 Å². The third-order valence-electron chi connectivity index (χ3n) is 6.11. The van der Waals surface area contributed by atoms with Gasteiger partial charge in [0, 0.05) is 31.5 Å². The molecule has 1 heterocycles. The molecular formula is C23H23FN2O. The summed E-state index contributed by atoms with van der Waals surface area (Å²) < 4.78 is 15.3. The highest BCUT2D eigenvalue weighted by Gasteiger charge is 2.37. The van der Waals surface area contributed by atoms with E-state index in [0.29, 0.717) is 35.7 Å². The van der Waals surface area contributed by atoms with Gasteiger partial charge >= 0.3 is 0 Å². The molecule has 4 rings (SSSR count). The molecule has 1 aliphatic heterocycles. The van der Waals surface area contributed by atoms with Crippen LogP contribution in [0.2, 0.25) is 0 Å². The summed E-state index contributed by atoms with van der Waals surface area (Å²) in [6, 6.07) is 16.7. The average molecular weight is 362 g/mol. The Morgan fingerprint density at radius 1 is 1.04 bits per heavy atom. The predicted molar refractivity (Wildman–Crippen MR) is 102 cm³/mol. The molecule has 0 N–H and O–H groups in total. The molecule has 0 spiro atoms. The van der Waals surface area contributed by atoms with Gasteiger partial charge < -0.3 is 4.90 Å². The number of rotatable bonds is 3. The summed E-state index contributed by atoms with van der Waals surface area (Å²) in [6.07, 6.45) is 4.35. The highest BCUT2D eigenvalue weighted by atomic mass is 19.1. The van der Waals surface area contributed by atoms with Crippen LogP contribution in [0.4, 0.5) is 4.39 Å². The largest absolute Gasteiger partial charge is 0.338 e. The molecular weight excluding hydrogens is 339 g/mol. The van der Waals surface area contributed by atoms with E-state index in [4.69, 9.17) is 5.26 Å². The van der Waals surface area contributed by atoms with E-state index < -0.39 is 5.67 Å². The molecule has 4 heteroatoms. The minimum Gasteiger partial charge on any atom is -0.338 e. The van der Waals surface area contributed by atoms with E-state index in [0.717, 1.165) is 0 Å². The molecule has 2 aromatic rings. The lowest BCUT2D eigenvalue weighted by Gasteiger charge is -2.37. The van der Waals surface area contributed by atoms with E-state index in [1.54, 1.807) is 29.2 Å². The zero-order valence-corrected chi connectivity index (χ0v) is 15.3. The Hall–Kier alpha value is -2.67. The number of carbonyl (C=O) groups is 1. The van der Waals surface area contributed by atoms with E-state index in [2.05, 4.69) is 18.2 Å². The van der Waals surface area contributed by atoms with Gasteiger partial charge in [-0.05, 0) is 54.2 Å². The van der Waals surface area contributed by atoms with E-state index >= 15 is 4.39 Å². The molecule has 1 aliphatic carbocycles. The Labute approximate surface area is 159 Å². The van der Waals surface area contributed by atoms with Crippen molar-refractivity contribution in [3.05, 3.63) is 70.8 Å². The van der Waals surface area contributed by atoms with Crippen LogP contribution < -0.4 is 0 Å². The quantitative estimate of drug-likeness (QED) is 0.777. The second-order valence-corrected chi connectivity index (χ2v) is 7.70. The highest BCUT2D eigenvalue weighted by molar-refractivity contribution is 5.94. The molecule has 2 aliphatic rings. The molecule has 0 aromatic heterocycles. The third-order valence-corrected chi connectivity index (χ3v) is 6.11. The fourth-order valence-corrected chi connectivity index (χ4v) is 4.02. The van der Waals surface area contributed by atoms with Crippen LogP contribution in [0.25, 0.3) is 0 Å². The first-order chi connectivity index (χ1) is 13.1. The van der Waals surface area contributed by atoms with Gasteiger partial charge in [0.2, 0.25) is 0 Å². The summed E-state index contributed by atoms with van der Waals surface area (Å²) in [5.74, 6) is 0.640. The summed E-state index contributed by atoms with van der Waals surface area (Å²) in [7, 11) is 0. The van der Waals surface area contributed by atoms with Crippen LogP contribution in [0.5, 0.6) is 0 Å². The van der Waals surface area contributed by atoms with E-state index in [9.17, 15) is 4.79 Å². The summed E-state index contributed by atoms with van der Waals surface area (Å²) >= 11 is 0. The Kier molecular flexibility index (Phi) is 4.70. The summed E-state index contributed by atoms with van der Waals surface area (Å²) in [5, 5.41) is 8.88. The van der Waals surface area contributed by atoms with Crippen LogP contribution in [0.1, 0.15) is 65.1 Å². The maximum atomic E-state index is 15.3. The second kappa shape index (κ2) is 7.15. The predicted octanol–water partition coefficient (Wildman–Crippen LogP) is 4.93. The van der Waals surface area contributed by atoms with Crippen LogP contribution in [0.15, 0.2) is 48.5 Å². The van der Waals surface area contributed by atoms with Gasteiger partial charge in [-0.15, -0.1) is 0 Å². The number of halogens is 1. The van der Waals surface area contributed by atoms with Crippen LogP contribution in [0.3, 0.4) is 0 Å². The highest BCUT2D eigenvalue weighted by Crippen LogP contribution is 2.38. The molecule has 1 saturated heterocycles. The number of hydrogen-bond acceptors (Lipinski definition) is 2. The monoisotopic (exact) mass is 362 g/mol. The van der Waals surface area contributed by atoms with Crippen molar-refractivity contribution in [2.24, 2.45) is 0 Å². The van der Waals surface area contributed by atoms with Gasteiger partial charge in [0.05, 0.1) is 11.6 Å². The summed E-state index contributed by atoms with van der Waals surface area (Å²) in [5.41, 5.74) is 1.69. The Balaban J connectivity index is 1.40. The molecule has 138 valence electrons. The van der Waals surface area contributed by atoms with Gasteiger partial charge in [-0.3, -0.25) is 4.79 Å². The molecule has 0 radical (unpaired) electrons. The fraction of sp³-hybridized carbons (Fsp3) is 0.391. The van der Waals surface area contributed by atoms with E-state index in [1.165, 1.54) is 24.8 Å². The zero-order chi connectivity index (χ0) is 18.9. The number of nitrogens with zero attached hydrogens (tertiary/aromatic N) is 2. The Morgan fingerprint density at radius 2 is 1.67 bits per heavy atom. The fourth-order valence-electron chi connectivity index (χ4n) is 4.02. The lowest BCUT2D eigenvalue weighted by molar-refractivity contribution is 0.0421. The first-order valence-corrected chi connectivity index (χ1v) is 9.68. The number of likely N-dealkylation sites (tertiary alicyclic amines) is 1. The number of piperidine rings is 1. The number of benzene rings is 2. The first kappa shape index (κ1) is 17.7. The standard InChI is InChI=1S/C23H23FN2O/c24-23(21-10-4-17(16-25)5-11-21)12-14-26(15-13-23)22(27)20-8-6-19(7-9-20)18-2-1-3-18/h4-11,18H,1-3,12-15H2. The van der Waals surface area contributed by atoms with Crippen molar-refractivity contribution in [3.63, 3.8) is 0 Å². The number of alkyl halides is 1. The van der Waals surface area contributed by atoms with Crippen LogP contribution >= 0.6 is 0 Å². The van der Waals surface area contributed by atoms with Crippen molar-refractivity contribution >= 4 is 5.91 Å². The Bertz CT molecular complexity index is 855. The maximum absolute atomic E-state index is 15.3. The topological polar surface area (TPSA) is 44.1 Å². The van der Waals surface area contributed by atoms with Crippen LogP contribution in [-0.2, 0) is 5.67 Å². The third kappa shape index (κ3) is 3.47. The molecule has 27 heavy (non-hydrogen) atoms. The van der Waals surface area contributed by atoms with Crippen molar-refractivity contribution in [3.8, 4) is 6.07 Å². The zero-order valence-electron chi connectivity index (χ0n) is 15.3. The minimum absolute atomic E-state index is 0.0166. The second-order valence-electron chi connectivity index (χ2n) is 7.70. The van der Waals surface area contributed by atoms with Crippen molar-refractivity contribution < 1.29 is 9.18 Å². The number of amides is 1. The molecule has 2 fully saturated rings. The molecule has 0 bridgehead atoms. The van der Waals surface area contributed by atoms with Crippen molar-refractivity contribution in [1.29, 1.82) is 5.26 Å². The number of carbonyl (C=O) groups excluding carboxylic acids is 1.